The molecule has 122 valence electrons. The molecular formula is C18H28N2O2. The van der Waals surface area contributed by atoms with Crippen molar-refractivity contribution in [3.63, 3.8) is 0 Å². The van der Waals surface area contributed by atoms with Crippen LogP contribution in [0.2, 0.25) is 0 Å². The first kappa shape index (κ1) is 16.8. The summed E-state index contributed by atoms with van der Waals surface area (Å²) in [6.07, 6.45) is 3.47. The van der Waals surface area contributed by atoms with Gasteiger partial charge in [0, 0.05) is 13.1 Å². The first-order valence-electron chi connectivity index (χ1n) is 8.31. The minimum atomic E-state index is 0.0706. The van der Waals surface area contributed by atoms with Gasteiger partial charge in [0.25, 0.3) is 5.91 Å². The van der Waals surface area contributed by atoms with Gasteiger partial charge in [0.2, 0.25) is 0 Å². The van der Waals surface area contributed by atoms with Gasteiger partial charge in [-0.1, -0.05) is 12.1 Å². The first-order valence-corrected chi connectivity index (χ1v) is 8.31. The normalized spacial score (nSPS) is 16.1. The van der Waals surface area contributed by atoms with Crippen LogP contribution in [0.1, 0.15) is 43.5 Å². The van der Waals surface area contributed by atoms with Crippen molar-refractivity contribution < 1.29 is 9.53 Å². The lowest BCUT2D eigenvalue weighted by Gasteiger charge is -2.32. The third kappa shape index (κ3) is 4.47. The van der Waals surface area contributed by atoms with E-state index in [4.69, 9.17) is 4.74 Å². The zero-order chi connectivity index (χ0) is 15.9. The highest BCUT2D eigenvalue weighted by atomic mass is 16.5. The fourth-order valence-electron chi connectivity index (χ4n) is 2.94. The van der Waals surface area contributed by atoms with Crippen LogP contribution >= 0.6 is 0 Å². The number of hydrogen-bond acceptors (Lipinski definition) is 3. The van der Waals surface area contributed by atoms with Gasteiger partial charge >= 0.3 is 0 Å². The largest absolute Gasteiger partial charge is 0.490 e. The fourth-order valence-corrected chi connectivity index (χ4v) is 2.94. The van der Waals surface area contributed by atoms with E-state index in [1.807, 2.05) is 50.1 Å². The number of amides is 1. The molecule has 4 nitrogen and oxygen atoms in total. The van der Waals surface area contributed by atoms with Crippen LogP contribution in [0.25, 0.3) is 0 Å². The van der Waals surface area contributed by atoms with Crippen LogP contribution in [0, 0.1) is 5.92 Å². The number of hydrogen-bond donors (Lipinski definition) is 1. The van der Waals surface area contributed by atoms with E-state index in [1.54, 1.807) is 0 Å². The Bertz CT molecular complexity index is 480. The molecule has 0 bridgehead atoms. The molecule has 0 atom stereocenters. The monoisotopic (exact) mass is 304 g/mol. The van der Waals surface area contributed by atoms with Crippen LogP contribution in [0.4, 0.5) is 0 Å². The van der Waals surface area contributed by atoms with E-state index in [0.717, 1.165) is 38.4 Å². The lowest BCUT2D eigenvalue weighted by Crippen LogP contribution is -2.39. The van der Waals surface area contributed by atoms with Gasteiger partial charge in [-0.2, -0.15) is 0 Å². The molecule has 2 rings (SSSR count). The van der Waals surface area contributed by atoms with Crippen LogP contribution in [-0.2, 0) is 0 Å². The summed E-state index contributed by atoms with van der Waals surface area (Å²) < 4.78 is 5.78. The smallest absolute Gasteiger partial charge is 0.257 e. The zero-order valence-electron chi connectivity index (χ0n) is 14.0. The maximum absolute atomic E-state index is 12.8. The van der Waals surface area contributed by atoms with Crippen LogP contribution in [0.3, 0.4) is 0 Å². The highest BCUT2D eigenvalue weighted by Gasteiger charge is 2.25. The average molecular weight is 304 g/mol. The molecule has 0 unspecified atom stereocenters. The van der Waals surface area contributed by atoms with E-state index in [1.165, 1.54) is 6.42 Å². The van der Waals surface area contributed by atoms with Gasteiger partial charge in [0.15, 0.2) is 0 Å². The lowest BCUT2D eigenvalue weighted by molar-refractivity contribution is 0.0681. The number of rotatable bonds is 6. The summed E-state index contributed by atoms with van der Waals surface area (Å²) >= 11 is 0. The minimum Gasteiger partial charge on any atom is -0.490 e. The Morgan fingerprint density at radius 1 is 1.32 bits per heavy atom. The van der Waals surface area contributed by atoms with Crippen molar-refractivity contribution in [3.05, 3.63) is 29.8 Å². The molecule has 1 aliphatic rings. The molecule has 1 aromatic carbocycles. The van der Waals surface area contributed by atoms with Crippen molar-refractivity contribution in [2.45, 2.75) is 39.2 Å². The third-order valence-electron chi connectivity index (χ3n) is 4.18. The standard InChI is InChI=1S/C18H28N2O2/c1-14(2)22-17-7-5-4-6-16(17)18(21)20-12-9-15(10-13-20)8-11-19-3/h4-7,14-15,19H,8-13H2,1-3H3. The summed E-state index contributed by atoms with van der Waals surface area (Å²) in [6.45, 7) is 6.72. The van der Waals surface area contributed by atoms with Crippen molar-refractivity contribution in [2.75, 3.05) is 26.7 Å². The number of piperidine rings is 1. The minimum absolute atomic E-state index is 0.0706. The Labute approximate surface area is 133 Å². The second kappa shape index (κ2) is 8.18. The fraction of sp³-hybridized carbons (Fsp3) is 0.611. The molecule has 1 aliphatic heterocycles. The Balaban J connectivity index is 1.98. The second-order valence-corrected chi connectivity index (χ2v) is 6.29. The summed E-state index contributed by atoms with van der Waals surface area (Å²) in [5, 5.41) is 3.20. The molecule has 1 heterocycles. The highest BCUT2D eigenvalue weighted by Crippen LogP contribution is 2.25. The van der Waals surface area contributed by atoms with Gasteiger partial charge in [-0.25, -0.2) is 0 Å². The summed E-state index contributed by atoms with van der Waals surface area (Å²) in [7, 11) is 1.99. The maximum atomic E-state index is 12.8. The second-order valence-electron chi connectivity index (χ2n) is 6.29. The van der Waals surface area contributed by atoms with Crippen molar-refractivity contribution in [2.24, 2.45) is 5.92 Å². The highest BCUT2D eigenvalue weighted by molar-refractivity contribution is 5.97. The average Bonchev–Trinajstić information content (AvgIpc) is 2.53. The molecule has 1 fully saturated rings. The van der Waals surface area contributed by atoms with Gasteiger partial charge in [0.05, 0.1) is 11.7 Å². The van der Waals surface area contributed by atoms with Crippen LogP contribution < -0.4 is 10.1 Å². The number of para-hydroxylation sites is 1. The molecule has 0 aliphatic carbocycles. The van der Waals surface area contributed by atoms with Gasteiger partial charge in [-0.3, -0.25) is 4.79 Å². The van der Waals surface area contributed by atoms with Gasteiger partial charge in [-0.05, 0) is 64.8 Å². The number of nitrogens with one attached hydrogen (secondary N) is 1. The summed E-state index contributed by atoms with van der Waals surface area (Å²) in [6, 6.07) is 7.57. The molecule has 4 heteroatoms. The zero-order valence-corrected chi connectivity index (χ0v) is 14.0. The van der Waals surface area contributed by atoms with E-state index in [2.05, 4.69) is 5.32 Å². The summed E-state index contributed by atoms with van der Waals surface area (Å²) in [5.41, 5.74) is 0.685. The summed E-state index contributed by atoms with van der Waals surface area (Å²) in [5.74, 6) is 1.53. The number of benzene rings is 1. The van der Waals surface area contributed by atoms with Gasteiger partial charge in [-0.15, -0.1) is 0 Å². The number of likely N-dealkylation sites (tertiary alicyclic amines) is 1. The number of ether oxygens (including phenoxy) is 1. The quantitative estimate of drug-likeness (QED) is 0.878. The molecule has 1 amide bonds. The maximum Gasteiger partial charge on any atom is 0.257 e. The van der Waals surface area contributed by atoms with Crippen molar-refractivity contribution >= 4 is 5.91 Å². The Kier molecular flexibility index (Phi) is 6.25. The van der Waals surface area contributed by atoms with Gasteiger partial charge in [0.1, 0.15) is 5.75 Å². The Morgan fingerprint density at radius 3 is 2.64 bits per heavy atom. The molecule has 0 spiro atoms. The lowest BCUT2D eigenvalue weighted by atomic mass is 9.93. The Hall–Kier alpha value is -1.55. The van der Waals surface area contributed by atoms with E-state index < -0.39 is 0 Å². The first-order chi connectivity index (χ1) is 10.6. The number of nitrogens with zero attached hydrogens (tertiary/aromatic N) is 1. The SMILES string of the molecule is CNCCC1CCN(C(=O)c2ccccc2OC(C)C)CC1. The number of carbonyl (C=O) groups excluding carboxylic acids is 1. The molecule has 1 saturated heterocycles. The van der Waals surface area contributed by atoms with E-state index in [0.29, 0.717) is 11.3 Å². The topological polar surface area (TPSA) is 41.6 Å². The van der Waals surface area contributed by atoms with E-state index in [-0.39, 0.29) is 12.0 Å². The predicted octanol–water partition coefficient (Wildman–Crippen LogP) is 2.94. The molecule has 0 aromatic heterocycles. The molecule has 0 radical (unpaired) electrons. The molecule has 1 aromatic rings. The number of carbonyl (C=O) groups is 1. The van der Waals surface area contributed by atoms with Crippen LogP contribution in [-0.4, -0.2) is 43.6 Å². The van der Waals surface area contributed by atoms with Crippen molar-refractivity contribution in [3.8, 4) is 5.75 Å². The van der Waals surface area contributed by atoms with Gasteiger partial charge < -0.3 is 15.0 Å². The van der Waals surface area contributed by atoms with Crippen LogP contribution in [0.15, 0.2) is 24.3 Å². The van der Waals surface area contributed by atoms with Crippen molar-refractivity contribution in [1.82, 2.24) is 10.2 Å². The molecule has 1 N–H and O–H groups in total. The van der Waals surface area contributed by atoms with Crippen molar-refractivity contribution in [1.29, 1.82) is 0 Å². The molecule has 22 heavy (non-hydrogen) atoms. The predicted molar refractivity (Wildman–Crippen MR) is 89.4 cm³/mol. The summed E-state index contributed by atoms with van der Waals surface area (Å²) in [4.78, 5) is 14.7. The third-order valence-corrected chi connectivity index (χ3v) is 4.18. The van der Waals surface area contributed by atoms with E-state index in [9.17, 15) is 4.79 Å². The molecule has 0 saturated carbocycles. The molecular weight excluding hydrogens is 276 g/mol. The Morgan fingerprint density at radius 2 is 2.00 bits per heavy atom. The van der Waals surface area contributed by atoms with E-state index >= 15 is 0 Å². The van der Waals surface area contributed by atoms with Crippen LogP contribution in [0.5, 0.6) is 5.75 Å².